The Balaban J connectivity index is 5.21. The molecule has 0 aliphatic rings. The molecule has 0 spiro atoms. The highest BCUT2D eigenvalue weighted by atomic mass is 31.2. The maximum atomic E-state index is 13.2. The zero-order valence-corrected chi connectivity index (χ0v) is 73.1. The number of unbranched alkanes of at least 4 members (excludes halogenated alkanes) is 53. The number of aliphatic hydroxyl groups excluding tert-OH is 1. The first kappa shape index (κ1) is 106. The molecule has 0 heterocycles. The quantitative estimate of drug-likeness (QED) is 0.0222. The van der Waals surface area contributed by atoms with Gasteiger partial charge in [0, 0.05) is 25.7 Å². The van der Waals surface area contributed by atoms with Crippen molar-refractivity contribution in [2.75, 3.05) is 39.6 Å². The van der Waals surface area contributed by atoms with Gasteiger partial charge in [-0.05, 0) is 43.4 Å². The van der Waals surface area contributed by atoms with Crippen molar-refractivity contribution in [2.24, 2.45) is 17.8 Å². The van der Waals surface area contributed by atoms with Gasteiger partial charge in [-0.1, -0.05) is 421 Å². The first-order chi connectivity index (χ1) is 52.3. The Hall–Kier alpha value is -1.94. The molecule has 4 unspecified atom stereocenters. The largest absolute Gasteiger partial charge is 0.472 e. The van der Waals surface area contributed by atoms with E-state index in [1.165, 1.54) is 276 Å². The molecule has 108 heavy (non-hydrogen) atoms. The Bertz CT molecular complexity index is 2080. The summed E-state index contributed by atoms with van der Waals surface area (Å²) in [5, 5.41) is 10.7. The van der Waals surface area contributed by atoms with E-state index in [2.05, 4.69) is 48.5 Å². The summed E-state index contributed by atoms with van der Waals surface area (Å²) in [6, 6.07) is 0. The highest BCUT2D eigenvalue weighted by molar-refractivity contribution is 7.47. The molecule has 0 aromatic rings. The van der Waals surface area contributed by atoms with E-state index in [0.717, 1.165) is 114 Å². The van der Waals surface area contributed by atoms with Crippen LogP contribution in [0.4, 0.5) is 0 Å². The molecule has 0 aromatic heterocycles. The number of phosphoric acid groups is 2. The molecule has 0 radical (unpaired) electrons. The monoisotopic (exact) mass is 1580 g/mol. The molecule has 0 aliphatic carbocycles. The first-order valence-electron chi connectivity index (χ1n) is 45.9. The van der Waals surface area contributed by atoms with Crippen LogP contribution in [0.1, 0.15) is 472 Å². The van der Waals surface area contributed by atoms with Crippen LogP contribution >= 0.6 is 15.6 Å². The Kier molecular flexibility index (Phi) is 77.5. The van der Waals surface area contributed by atoms with Gasteiger partial charge in [0.25, 0.3) is 0 Å². The number of carbonyl (C=O) groups excluding carboxylic acids is 4. The van der Waals surface area contributed by atoms with E-state index in [0.29, 0.717) is 25.7 Å². The van der Waals surface area contributed by atoms with Gasteiger partial charge in [-0.2, -0.15) is 0 Å². The maximum absolute atomic E-state index is 13.2. The maximum Gasteiger partial charge on any atom is 0.472 e. The Morgan fingerprint density at radius 1 is 0.269 bits per heavy atom. The average molecular weight is 1580 g/mol. The summed E-state index contributed by atoms with van der Waals surface area (Å²) < 4.78 is 68.9. The first-order valence-corrected chi connectivity index (χ1v) is 48.9. The number of aliphatic hydroxyl groups is 1. The lowest BCUT2D eigenvalue weighted by Crippen LogP contribution is -2.30. The molecule has 0 bridgehead atoms. The zero-order chi connectivity index (χ0) is 79.3. The molecule has 0 aliphatic heterocycles. The molecule has 0 amide bonds. The van der Waals surface area contributed by atoms with Crippen LogP contribution in [0.3, 0.4) is 0 Å². The predicted octanol–water partition coefficient (Wildman–Crippen LogP) is 27.3. The zero-order valence-electron chi connectivity index (χ0n) is 71.3. The minimum absolute atomic E-state index is 0.106. The molecule has 7 atom stereocenters. The fourth-order valence-electron chi connectivity index (χ4n) is 13.8. The third-order valence-electron chi connectivity index (χ3n) is 21.6. The minimum Gasteiger partial charge on any atom is -0.462 e. The minimum atomic E-state index is -4.97. The summed E-state index contributed by atoms with van der Waals surface area (Å²) in [6.07, 6.45) is 71.0. The molecule has 0 saturated carbocycles. The second-order valence-corrected chi connectivity index (χ2v) is 35.9. The van der Waals surface area contributed by atoms with Gasteiger partial charge in [0.1, 0.15) is 19.3 Å². The third kappa shape index (κ3) is 79.3. The van der Waals surface area contributed by atoms with E-state index in [1.807, 2.05) is 0 Å². The molecule has 0 saturated heterocycles. The summed E-state index contributed by atoms with van der Waals surface area (Å²) in [4.78, 5) is 73.3. The van der Waals surface area contributed by atoms with Gasteiger partial charge in [0.15, 0.2) is 12.2 Å². The number of carbonyl (C=O) groups is 4. The van der Waals surface area contributed by atoms with Gasteiger partial charge in [-0.25, -0.2) is 9.13 Å². The second-order valence-electron chi connectivity index (χ2n) is 32.9. The molecule has 0 rings (SSSR count). The van der Waals surface area contributed by atoms with Crippen LogP contribution in [0.15, 0.2) is 0 Å². The van der Waals surface area contributed by atoms with Crippen LogP contribution < -0.4 is 0 Å². The SMILES string of the molecule is CCCCCCCCCCCCCCCCCCCCCCCCC(=O)OC[C@H](COP(=O)(O)OC[C@@H](O)COP(=O)(O)OC[C@@H](COC(=O)CCCCCCCCC(C)CC)OC(=O)CCCCCCCCCCCCCC(C)C)OC(=O)CCCCCCCCCCCCCCCCCCCCC(C)CC. The van der Waals surface area contributed by atoms with Crippen LogP contribution in [0.5, 0.6) is 0 Å². The summed E-state index contributed by atoms with van der Waals surface area (Å²) in [5.74, 6) is 0.262. The molecular weight excluding hydrogens is 1400 g/mol. The van der Waals surface area contributed by atoms with Crippen molar-refractivity contribution in [1.29, 1.82) is 0 Å². The lowest BCUT2D eigenvalue weighted by molar-refractivity contribution is -0.161. The van der Waals surface area contributed by atoms with Crippen molar-refractivity contribution >= 4 is 39.5 Å². The van der Waals surface area contributed by atoms with E-state index in [-0.39, 0.29) is 25.7 Å². The number of esters is 4. The predicted molar refractivity (Wildman–Crippen MR) is 446 cm³/mol. The molecule has 0 fully saturated rings. The second kappa shape index (κ2) is 78.9. The lowest BCUT2D eigenvalue weighted by Gasteiger charge is -2.21. The van der Waals surface area contributed by atoms with Gasteiger partial charge in [-0.3, -0.25) is 37.3 Å². The van der Waals surface area contributed by atoms with E-state index in [4.69, 9.17) is 37.0 Å². The van der Waals surface area contributed by atoms with Gasteiger partial charge in [0.2, 0.25) is 0 Å². The smallest absolute Gasteiger partial charge is 0.462 e. The highest BCUT2D eigenvalue weighted by Gasteiger charge is 2.31. The van der Waals surface area contributed by atoms with Gasteiger partial charge < -0.3 is 33.8 Å². The van der Waals surface area contributed by atoms with E-state index in [9.17, 15) is 43.2 Å². The number of phosphoric ester groups is 2. The van der Waals surface area contributed by atoms with Gasteiger partial charge >= 0.3 is 39.5 Å². The van der Waals surface area contributed by atoms with Gasteiger partial charge in [0.05, 0.1) is 26.4 Å². The van der Waals surface area contributed by atoms with Crippen molar-refractivity contribution in [3.63, 3.8) is 0 Å². The molecular formula is C89H174O17P2. The standard InChI is InChI=1S/C89H174O17P2/c1-8-11-12-13-14-15-16-17-18-19-20-21-22-23-27-30-33-38-43-48-56-63-70-86(91)99-76-84(105-88(93)72-65-58-49-44-39-34-31-28-25-24-26-29-32-37-42-47-54-61-68-81(6)9-2)78-103-107(95,96)101-74-83(90)75-102-108(97,98)104-79-85(77-100-87(92)71-64-57-52-51-55-62-69-82(7)10-3)106-89(94)73-66-59-50-45-40-35-36-41-46-53-60-67-80(4)5/h80-85,90H,8-79H2,1-7H3,(H,95,96)(H,97,98)/t81?,82?,83-,84-,85-/m1/s1. The highest BCUT2D eigenvalue weighted by Crippen LogP contribution is 2.45. The number of hydrogen-bond donors (Lipinski definition) is 3. The topological polar surface area (TPSA) is 237 Å². The van der Waals surface area contributed by atoms with E-state index < -0.39 is 97.5 Å². The van der Waals surface area contributed by atoms with Crippen LogP contribution in [0.25, 0.3) is 0 Å². The van der Waals surface area contributed by atoms with E-state index >= 15 is 0 Å². The summed E-state index contributed by atoms with van der Waals surface area (Å²) in [6.45, 7) is 12.0. The average Bonchev–Trinajstić information content (AvgIpc) is 0.914. The normalized spacial score (nSPS) is 14.3. The van der Waals surface area contributed by atoms with Crippen LogP contribution in [0, 0.1) is 17.8 Å². The molecule has 3 N–H and O–H groups in total. The van der Waals surface area contributed by atoms with Crippen molar-refractivity contribution in [3.8, 4) is 0 Å². The Morgan fingerprint density at radius 3 is 0.704 bits per heavy atom. The number of hydrogen-bond acceptors (Lipinski definition) is 15. The fourth-order valence-corrected chi connectivity index (χ4v) is 15.4. The molecule has 17 nitrogen and oxygen atoms in total. The molecule has 642 valence electrons. The summed E-state index contributed by atoms with van der Waals surface area (Å²) in [7, 11) is -9.93. The fraction of sp³-hybridized carbons (Fsp3) is 0.955. The molecule has 19 heteroatoms. The van der Waals surface area contributed by atoms with Crippen molar-refractivity contribution in [3.05, 3.63) is 0 Å². The number of rotatable bonds is 87. The van der Waals surface area contributed by atoms with Crippen LogP contribution in [-0.4, -0.2) is 96.7 Å². The van der Waals surface area contributed by atoms with Crippen molar-refractivity contribution < 1.29 is 80.2 Å². The summed E-state index contributed by atoms with van der Waals surface area (Å²) >= 11 is 0. The number of ether oxygens (including phenoxy) is 4. The van der Waals surface area contributed by atoms with Crippen LogP contribution in [0.2, 0.25) is 0 Å². The van der Waals surface area contributed by atoms with Crippen LogP contribution in [-0.2, 0) is 65.4 Å². The van der Waals surface area contributed by atoms with E-state index in [1.54, 1.807) is 0 Å². The third-order valence-corrected chi connectivity index (χ3v) is 23.5. The lowest BCUT2D eigenvalue weighted by atomic mass is 9.99. The molecule has 0 aromatic carbocycles. The Morgan fingerprint density at radius 2 is 0.472 bits per heavy atom. The summed E-state index contributed by atoms with van der Waals surface area (Å²) in [5.41, 5.74) is 0. The van der Waals surface area contributed by atoms with Crippen molar-refractivity contribution in [1.82, 2.24) is 0 Å². The Labute approximate surface area is 664 Å². The van der Waals surface area contributed by atoms with Gasteiger partial charge in [-0.15, -0.1) is 0 Å². The van der Waals surface area contributed by atoms with Crippen molar-refractivity contribution in [2.45, 2.75) is 491 Å².